The predicted molar refractivity (Wildman–Crippen MR) is 80.0 cm³/mol. The Bertz CT molecular complexity index is 350. The molecule has 0 saturated carbocycles. The Kier molecular flexibility index (Phi) is 7.34. The normalized spacial score (nSPS) is 12.5. The van der Waals surface area contributed by atoms with Crippen LogP contribution in [0.1, 0.15) is 33.6 Å². The van der Waals surface area contributed by atoms with Gasteiger partial charge in [-0.05, 0) is 32.0 Å². The predicted octanol–water partition coefficient (Wildman–Crippen LogP) is 3.49. The van der Waals surface area contributed by atoms with Crippen LogP contribution in [0, 0.1) is 5.92 Å². The summed E-state index contributed by atoms with van der Waals surface area (Å²) in [5, 5.41) is 3.10. The van der Waals surface area contributed by atoms with E-state index in [9.17, 15) is 0 Å². The quantitative estimate of drug-likeness (QED) is 0.741. The van der Waals surface area contributed by atoms with Gasteiger partial charge in [-0.15, -0.1) is 0 Å². The van der Waals surface area contributed by atoms with Crippen LogP contribution < -0.4 is 14.8 Å². The molecule has 0 aliphatic carbocycles. The van der Waals surface area contributed by atoms with Crippen molar-refractivity contribution in [3.63, 3.8) is 0 Å². The number of likely N-dealkylation sites (N-methyl/N-ethyl adjacent to an activating group) is 1. The fraction of sp³-hybridized carbons (Fsp3) is 0.625. The molecule has 3 nitrogen and oxygen atoms in total. The van der Waals surface area contributed by atoms with Gasteiger partial charge in [0.2, 0.25) is 0 Å². The Morgan fingerprint density at radius 2 is 1.84 bits per heavy atom. The third-order valence-corrected chi connectivity index (χ3v) is 3.27. The van der Waals surface area contributed by atoms with E-state index in [4.69, 9.17) is 9.47 Å². The molecule has 0 aliphatic heterocycles. The molecule has 3 heteroatoms. The molecule has 0 saturated heterocycles. The summed E-state index contributed by atoms with van der Waals surface area (Å²) in [4.78, 5) is 0. The van der Waals surface area contributed by atoms with Crippen molar-refractivity contribution in [2.75, 3.05) is 20.2 Å². The van der Waals surface area contributed by atoms with E-state index in [0.29, 0.717) is 5.92 Å². The largest absolute Gasteiger partial charge is 0.493 e. The van der Waals surface area contributed by atoms with Crippen molar-refractivity contribution in [2.24, 2.45) is 5.92 Å². The lowest BCUT2D eigenvalue weighted by Crippen LogP contribution is -2.25. The maximum Gasteiger partial charge on any atom is 0.123 e. The molecule has 0 unspecified atom stereocenters. The molecular weight excluding hydrogens is 238 g/mol. The highest BCUT2D eigenvalue weighted by Crippen LogP contribution is 2.21. The van der Waals surface area contributed by atoms with Gasteiger partial charge in [-0.25, -0.2) is 0 Å². The number of rotatable bonds is 9. The average molecular weight is 265 g/mol. The molecule has 1 atom stereocenters. The Balaban J connectivity index is 2.51. The molecule has 0 heterocycles. The molecule has 0 fully saturated rings. The van der Waals surface area contributed by atoms with Gasteiger partial charge in [-0.3, -0.25) is 0 Å². The summed E-state index contributed by atoms with van der Waals surface area (Å²) in [5.74, 6) is 2.39. The maximum absolute atomic E-state index is 5.84. The summed E-state index contributed by atoms with van der Waals surface area (Å²) in [6, 6.07) is 7.90. The second kappa shape index (κ2) is 8.81. The minimum Gasteiger partial charge on any atom is -0.493 e. The molecule has 0 spiro atoms. The second-order valence-corrected chi connectivity index (χ2v) is 4.95. The monoisotopic (exact) mass is 265 g/mol. The molecule has 0 bridgehead atoms. The summed E-state index contributed by atoms with van der Waals surface area (Å²) in [6.45, 7) is 8.07. The Hall–Kier alpha value is -1.22. The summed E-state index contributed by atoms with van der Waals surface area (Å²) in [6.07, 6.45) is 2.47. The first kappa shape index (κ1) is 15.8. The lowest BCUT2D eigenvalue weighted by Gasteiger charge is -2.16. The van der Waals surface area contributed by atoms with Gasteiger partial charge in [0, 0.05) is 12.6 Å². The topological polar surface area (TPSA) is 30.5 Å². The van der Waals surface area contributed by atoms with Crippen molar-refractivity contribution < 1.29 is 9.47 Å². The van der Waals surface area contributed by atoms with E-state index in [0.717, 1.165) is 37.5 Å². The van der Waals surface area contributed by atoms with E-state index >= 15 is 0 Å². The van der Waals surface area contributed by atoms with Crippen LogP contribution in [0.15, 0.2) is 24.3 Å². The first-order chi connectivity index (χ1) is 9.19. The Labute approximate surface area is 117 Å². The van der Waals surface area contributed by atoms with Crippen LogP contribution in [-0.2, 0) is 0 Å². The lowest BCUT2D eigenvalue weighted by molar-refractivity contribution is 0.215. The van der Waals surface area contributed by atoms with Gasteiger partial charge in [0.1, 0.15) is 17.6 Å². The molecule has 1 N–H and O–H groups in total. The first-order valence-electron chi connectivity index (χ1n) is 7.23. The third-order valence-electron chi connectivity index (χ3n) is 3.27. The molecule has 0 radical (unpaired) electrons. The van der Waals surface area contributed by atoms with Crippen LogP contribution in [0.25, 0.3) is 0 Å². The van der Waals surface area contributed by atoms with Crippen LogP contribution in [0.2, 0.25) is 0 Å². The van der Waals surface area contributed by atoms with Gasteiger partial charge in [-0.2, -0.15) is 0 Å². The van der Waals surface area contributed by atoms with Crippen LogP contribution in [0.3, 0.4) is 0 Å². The van der Waals surface area contributed by atoms with Crippen molar-refractivity contribution >= 4 is 0 Å². The van der Waals surface area contributed by atoms with Crippen LogP contribution in [0.4, 0.5) is 0 Å². The first-order valence-corrected chi connectivity index (χ1v) is 7.23. The Morgan fingerprint density at radius 3 is 2.47 bits per heavy atom. The van der Waals surface area contributed by atoms with Crippen molar-refractivity contribution in [1.82, 2.24) is 5.32 Å². The second-order valence-electron chi connectivity index (χ2n) is 4.95. The van der Waals surface area contributed by atoms with E-state index in [1.807, 2.05) is 38.2 Å². The van der Waals surface area contributed by atoms with E-state index in [2.05, 4.69) is 19.2 Å². The number of ether oxygens (including phenoxy) is 2. The highest BCUT2D eigenvalue weighted by Gasteiger charge is 2.06. The smallest absolute Gasteiger partial charge is 0.123 e. The van der Waals surface area contributed by atoms with Crippen molar-refractivity contribution in [3.8, 4) is 11.5 Å². The lowest BCUT2D eigenvalue weighted by atomic mass is 10.1. The van der Waals surface area contributed by atoms with Crippen molar-refractivity contribution in [3.05, 3.63) is 24.3 Å². The van der Waals surface area contributed by atoms with Crippen molar-refractivity contribution in [2.45, 2.75) is 39.7 Å². The molecular formula is C16H27NO2. The van der Waals surface area contributed by atoms with E-state index in [1.165, 1.54) is 0 Å². The van der Waals surface area contributed by atoms with Crippen LogP contribution >= 0.6 is 0 Å². The zero-order valence-corrected chi connectivity index (χ0v) is 12.6. The van der Waals surface area contributed by atoms with Crippen LogP contribution in [-0.4, -0.2) is 26.3 Å². The fourth-order valence-electron chi connectivity index (χ4n) is 1.94. The van der Waals surface area contributed by atoms with Crippen LogP contribution in [0.5, 0.6) is 11.5 Å². The van der Waals surface area contributed by atoms with Gasteiger partial charge in [0.05, 0.1) is 6.61 Å². The van der Waals surface area contributed by atoms with E-state index < -0.39 is 0 Å². The summed E-state index contributed by atoms with van der Waals surface area (Å²) in [7, 11) is 1.93. The molecule has 0 aromatic heterocycles. The highest BCUT2D eigenvalue weighted by atomic mass is 16.5. The summed E-state index contributed by atoms with van der Waals surface area (Å²) in [5.41, 5.74) is 0. The Morgan fingerprint density at radius 1 is 1.16 bits per heavy atom. The number of hydrogen-bond donors (Lipinski definition) is 1. The number of hydrogen-bond acceptors (Lipinski definition) is 3. The van der Waals surface area contributed by atoms with E-state index in [1.54, 1.807) is 0 Å². The molecule has 1 aromatic carbocycles. The van der Waals surface area contributed by atoms with Gasteiger partial charge >= 0.3 is 0 Å². The van der Waals surface area contributed by atoms with Crippen molar-refractivity contribution in [1.29, 1.82) is 0 Å². The SMILES string of the molecule is CCC(CC)COc1cccc(O[C@H](C)CNC)c1. The average Bonchev–Trinajstić information content (AvgIpc) is 2.40. The minimum atomic E-state index is 0.152. The maximum atomic E-state index is 5.84. The summed E-state index contributed by atoms with van der Waals surface area (Å²) >= 11 is 0. The molecule has 1 rings (SSSR count). The van der Waals surface area contributed by atoms with E-state index in [-0.39, 0.29) is 6.10 Å². The number of nitrogens with one attached hydrogen (secondary N) is 1. The van der Waals surface area contributed by atoms with Gasteiger partial charge in [0.15, 0.2) is 0 Å². The molecule has 0 aliphatic rings. The minimum absolute atomic E-state index is 0.152. The van der Waals surface area contributed by atoms with Gasteiger partial charge < -0.3 is 14.8 Å². The fourth-order valence-corrected chi connectivity index (χ4v) is 1.94. The molecule has 19 heavy (non-hydrogen) atoms. The zero-order chi connectivity index (χ0) is 14.1. The highest BCUT2D eigenvalue weighted by molar-refractivity contribution is 5.33. The molecule has 0 amide bonds. The molecule has 108 valence electrons. The third kappa shape index (κ3) is 5.97. The van der Waals surface area contributed by atoms with Gasteiger partial charge in [-0.1, -0.05) is 32.8 Å². The molecule has 1 aromatic rings. The zero-order valence-electron chi connectivity index (χ0n) is 12.6. The number of benzene rings is 1. The standard InChI is InChI=1S/C16H27NO2/c1-5-14(6-2)12-18-15-8-7-9-16(10-15)19-13(3)11-17-4/h7-10,13-14,17H,5-6,11-12H2,1-4H3/t13-/m1/s1. The van der Waals surface area contributed by atoms with Gasteiger partial charge in [0.25, 0.3) is 0 Å². The summed E-state index contributed by atoms with van der Waals surface area (Å²) < 4.78 is 11.6.